The Hall–Kier alpha value is -3.69. The molecule has 4 aromatic rings. The molecule has 0 amide bonds. The fraction of sp³-hybridized carbons (Fsp3) is 0.160. The third-order valence-electron chi connectivity index (χ3n) is 5.43. The van der Waals surface area contributed by atoms with E-state index in [0.717, 1.165) is 21.8 Å². The number of methoxy groups -OCH3 is 1. The summed E-state index contributed by atoms with van der Waals surface area (Å²) in [4.78, 5) is 26.5. The van der Waals surface area contributed by atoms with Gasteiger partial charge in [0, 0.05) is 18.3 Å². The molecule has 9 heteroatoms. The number of hydrogen-bond acceptors (Lipinski definition) is 5. The highest BCUT2D eigenvalue weighted by Gasteiger charge is 2.20. The topological polar surface area (TPSA) is 77.3 Å². The fourth-order valence-corrected chi connectivity index (χ4v) is 4.99. The molecule has 34 heavy (non-hydrogen) atoms. The Labute approximate surface area is 206 Å². The van der Waals surface area contributed by atoms with Crippen LogP contribution >= 0.6 is 23.6 Å². The zero-order chi connectivity index (χ0) is 24.2. The van der Waals surface area contributed by atoms with Crippen LogP contribution in [0, 0.1) is 6.92 Å². The molecule has 174 valence electrons. The highest BCUT2D eigenvalue weighted by Crippen LogP contribution is 2.31. The minimum absolute atomic E-state index is 0.212. The second-order valence-corrected chi connectivity index (χ2v) is 9.17. The smallest absolute Gasteiger partial charge is 0.340 e. The normalized spacial score (nSPS) is 10.7. The maximum atomic E-state index is 13.1. The molecular formula is C25H24N4O3S2. The van der Waals surface area contributed by atoms with Gasteiger partial charge in [0.05, 0.1) is 24.1 Å². The van der Waals surface area contributed by atoms with Gasteiger partial charge in [-0.3, -0.25) is 9.48 Å². The van der Waals surface area contributed by atoms with Crippen molar-refractivity contribution < 1.29 is 9.53 Å². The zero-order valence-corrected chi connectivity index (χ0v) is 20.6. The van der Waals surface area contributed by atoms with Crippen molar-refractivity contribution in [2.75, 3.05) is 17.7 Å². The van der Waals surface area contributed by atoms with E-state index < -0.39 is 5.97 Å². The molecular weight excluding hydrogens is 468 g/mol. The number of rotatable bonds is 6. The highest BCUT2D eigenvalue weighted by atomic mass is 32.1. The summed E-state index contributed by atoms with van der Waals surface area (Å²) >= 11 is 6.93. The van der Waals surface area contributed by atoms with Crippen LogP contribution < -0.4 is 16.2 Å². The van der Waals surface area contributed by atoms with Crippen molar-refractivity contribution in [1.29, 1.82) is 0 Å². The number of thiophene rings is 1. The number of thiocarbonyl (C=S) groups is 1. The van der Waals surface area contributed by atoms with E-state index in [1.807, 2.05) is 80.7 Å². The van der Waals surface area contributed by atoms with Gasteiger partial charge in [-0.15, -0.1) is 11.3 Å². The minimum atomic E-state index is -0.455. The first-order valence-electron chi connectivity index (χ1n) is 10.6. The van der Waals surface area contributed by atoms with Crippen LogP contribution in [0.4, 0.5) is 10.7 Å². The van der Waals surface area contributed by atoms with Crippen molar-refractivity contribution in [2.45, 2.75) is 13.3 Å². The highest BCUT2D eigenvalue weighted by molar-refractivity contribution is 7.80. The van der Waals surface area contributed by atoms with Crippen LogP contribution in [0.15, 0.2) is 71.5 Å². The van der Waals surface area contributed by atoms with Gasteiger partial charge in [0.15, 0.2) is 5.11 Å². The SMILES string of the molecule is COC(=O)c1cc(Cc2ccccc2)sc1NC(=S)Nc1c(C)n(C)n(-c2ccccc2)c1=O. The van der Waals surface area contributed by atoms with Gasteiger partial charge < -0.3 is 15.4 Å². The molecule has 0 saturated carbocycles. The summed E-state index contributed by atoms with van der Waals surface area (Å²) in [6.07, 6.45) is 0.678. The predicted octanol–water partition coefficient (Wildman–Crippen LogP) is 4.73. The first-order valence-corrected chi connectivity index (χ1v) is 11.8. The first-order chi connectivity index (χ1) is 16.4. The van der Waals surface area contributed by atoms with E-state index in [0.29, 0.717) is 22.7 Å². The molecule has 0 aliphatic carbocycles. The zero-order valence-electron chi connectivity index (χ0n) is 19.0. The number of carbonyl (C=O) groups is 1. The molecule has 0 saturated heterocycles. The van der Waals surface area contributed by atoms with E-state index in [4.69, 9.17) is 17.0 Å². The number of esters is 1. The van der Waals surface area contributed by atoms with Crippen molar-refractivity contribution in [3.8, 4) is 5.69 Å². The summed E-state index contributed by atoms with van der Waals surface area (Å²) < 4.78 is 8.30. The number of benzene rings is 2. The standard InChI is InChI=1S/C25H24N4O3S2/c1-16-21(23(30)29(28(16)2)18-12-8-5-9-13-18)26-25(33)27-22-20(24(31)32-3)15-19(34-22)14-17-10-6-4-7-11-17/h4-13,15H,14H2,1-3H3,(H2,26,27,33). The number of anilines is 2. The maximum absolute atomic E-state index is 13.1. The van der Waals surface area contributed by atoms with Crippen LogP contribution in [-0.2, 0) is 18.2 Å². The molecule has 0 atom stereocenters. The van der Waals surface area contributed by atoms with E-state index in [-0.39, 0.29) is 10.7 Å². The quantitative estimate of drug-likeness (QED) is 0.299. The molecule has 0 fully saturated rings. The van der Waals surface area contributed by atoms with Gasteiger partial charge in [0.2, 0.25) is 0 Å². The number of nitrogens with one attached hydrogen (secondary N) is 2. The van der Waals surface area contributed by atoms with Gasteiger partial charge >= 0.3 is 5.97 Å². The number of ether oxygens (including phenoxy) is 1. The molecule has 0 aliphatic rings. The fourth-order valence-electron chi connectivity index (χ4n) is 3.64. The van der Waals surface area contributed by atoms with Crippen molar-refractivity contribution >= 4 is 45.3 Å². The molecule has 0 radical (unpaired) electrons. The Morgan fingerprint density at radius 3 is 2.35 bits per heavy atom. The molecule has 0 bridgehead atoms. The molecule has 7 nitrogen and oxygen atoms in total. The molecule has 2 aromatic carbocycles. The number of nitrogens with zero attached hydrogens (tertiary/aromatic N) is 2. The van der Waals surface area contributed by atoms with Gasteiger partial charge in [0.25, 0.3) is 5.56 Å². The van der Waals surface area contributed by atoms with Crippen LogP contribution in [-0.4, -0.2) is 27.6 Å². The Balaban J connectivity index is 1.59. The Bertz CT molecular complexity index is 1390. The average Bonchev–Trinajstić information content (AvgIpc) is 3.33. The van der Waals surface area contributed by atoms with Crippen LogP contribution in [0.2, 0.25) is 0 Å². The lowest BCUT2D eigenvalue weighted by molar-refractivity contribution is 0.0602. The van der Waals surface area contributed by atoms with Crippen LogP contribution in [0.3, 0.4) is 0 Å². The molecule has 0 unspecified atom stereocenters. The van der Waals surface area contributed by atoms with E-state index in [1.54, 1.807) is 9.36 Å². The largest absolute Gasteiger partial charge is 0.465 e. The Kier molecular flexibility index (Phi) is 6.95. The first kappa shape index (κ1) is 23.5. The summed E-state index contributed by atoms with van der Waals surface area (Å²) in [5, 5.41) is 6.88. The summed E-state index contributed by atoms with van der Waals surface area (Å²) in [5.74, 6) is -0.455. The number of carbonyl (C=O) groups excluding carboxylic acids is 1. The lowest BCUT2D eigenvalue weighted by Gasteiger charge is -2.09. The second kappa shape index (κ2) is 10.1. The van der Waals surface area contributed by atoms with E-state index >= 15 is 0 Å². The summed E-state index contributed by atoms with van der Waals surface area (Å²) in [6, 6.07) is 21.2. The molecule has 4 rings (SSSR count). The summed E-state index contributed by atoms with van der Waals surface area (Å²) in [6.45, 7) is 1.84. The lowest BCUT2D eigenvalue weighted by Crippen LogP contribution is -2.25. The molecule has 0 aliphatic heterocycles. The van der Waals surface area contributed by atoms with Crippen molar-refractivity contribution in [3.05, 3.63) is 98.8 Å². The third-order valence-corrected chi connectivity index (χ3v) is 6.68. The van der Waals surface area contributed by atoms with Crippen molar-refractivity contribution in [3.63, 3.8) is 0 Å². The van der Waals surface area contributed by atoms with Crippen LogP contribution in [0.25, 0.3) is 5.69 Å². The molecule has 2 heterocycles. The minimum Gasteiger partial charge on any atom is -0.465 e. The third kappa shape index (κ3) is 4.80. The Morgan fingerprint density at radius 1 is 1.06 bits per heavy atom. The summed E-state index contributed by atoms with van der Waals surface area (Å²) in [5.41, 5.74) is 3.15. The predicted molar refractivity (Wildman–Crippen MR) is 140 cm³/mol. The second-order valence-electron chi connectivity index (χ2n) is 7.63. The average molecular weight is 493 g/mol. The van der Waals surface area contributed by atoms with Gasteiger partial charge in [-0.2, -0.15) is 0 Å². The molecule has 2 aromatic heterocycles. The van der Waals surface area contributed by atoms with Gasteiger partial charge in [-0.1, -0.05) is 48.5 Å². The lowest BCUT2D eigenvalue weighted by atomic mass is 10.1. The van der Waals surface area contributed by atoms with E-state index in [2.05, 4.69) is 10.6 Å². The number of para-hydroxylation sites is 1. The van der Waals surface area contributed by atoms with Crippen LogP contribution in [0.1, 0.15) is 26.5 Å². The number of aromatic nitrogens is 2. The van der Waals surface area contributed by atoms with Crippen molar-refractivity contribution in [2.24, 2.45) is 7.05 Å². The molecule has 2 N–H and O–H groups in total. The van der Waals surface area contributed by atoms with E-state index in [9.17, 15) is 9.59 Å². The van der Waals surface area contributed by atoms with Gasteiger partial charge in [-0.05, 0) is 42.9 Å². The molecule has 0 spiro atoms. The van der Waals surface area contributed by atoms with Gasteiger partial charge in [-0.25, -0.2) is 9.48 Å². The number of hydrogen-bond donors (Lipinski definition) is 2. The maximum Gasteiger partial charge on any atom is 0.340 e. The van der Waals surface area contributed by atoms with Crippen molar-refractivity contribution in [1.82, 2.24) is 9.36 Å². The van der Waals surface area contributed by atoms with E-state index in [1.165, 1.54) is 18.4 Å². The Morgan fingerprint density at radius 2 is 1.71 bits per heavy atom. The van der Waals surface area contributed by atoms with Crippen LogP contribution in [0.5, 0.6) is 0 Å². The van der Waals surface area contributed by atoms with Gasteiger partial charge in [0.1, 0.15) is 10.7 Å². The monoisotopic (exact) mass is 492 g/mol. The summed E-state index contributed by atoms with van der Waals surface area (Å²) in [7, 11) is 3.16.